The number of carbonyl (C=O) groups is 3. The Labute approximate surface area is 162 Å². The van der Waals surface area contributed by atoms with Crippen molar-refractivity contribution >= 4 is 23.3 Å². The number of aliphatic hydroxyl groups is 1. The first-order chi connectivity index (χ1) is 13.5. The molecule has 2 aliphatic rings. The zero-order valence-corrected chi connectivity index (χ0v) is 15.6. The van der Waals surface area contributed by atoms with Gasteiger partial charge in [-0.3, -0.25) is 19.3 Å². The van der Waals surface area contributed by atoms with Gasteiger partial charge in [0.15, 0.2) is 11.4 Å². The van der Waals surface area contributed by atoms with Crippen LogP contribution >= 0.6 is 0 Å². The van der Waals surface area contributed by atoms with Crippen LogP contribution in [-0.4, -0.2) is 35.9 Å². The number of amides is 1. The van der Waals surface area contributed by atoms with Crippen molar-refractivity contribution in [1.82, 2.24) is 0 Å². The molecular weight excluding hydrogens is 358 g/mol. The van der Waals surface area contributed by atoms with Crippen molar-refractivity contribution < 1.29 is 24.2 Å². The molecule has 6 heteroatoms. The maximum atomic E-state index is 13.3. The number of rotatable bonds is 4. The van der Waals surface area contributed by atoms with E-state index < -0.39 is 23.4 Å². The Bertz CT molecular complexity index is 969. The summed E-state index contributed by atoms with van der Waals surface area (Å²) < 4.78 is 4.97. The van der Waals surface area contributed by atoms with Crippen LogP contribution in [0.4, 0.5) is 5.69 Å². The molecule has 2 atom stereocenters. The molecule has 1 aliphatic carbocycles. The number of hydrogen-bond donors (Lipinski definition) is 1. The van der Waals surface area contributed by atoms with E-state index in [1.807, 2.05) is 12.1 Å². The van der Waals surface area contributed by atoms with E-state index in [4.69, 9.17) is 4.74 Å². The van der Waals surface area contributed by atoms with E-state index in [0.717, 1.165) is 5.56 Å². The predicted octanol–water partition coefficient (Wildman–Crippen LogP) is 2.23. The molecule has 0 saturated carbocycles. The third kappa shape index (κ3) is 2.64. The minimum atomic E-state index is -1.99. The maximum Gasteiger partial charge on any atom is 0.326 e. The molecule has 0 saturated heterocycles. The second-order valence-electron chi connectivity index (χ2n) is 7.09. The van der Waals surface area contributed by atoms with E-state index >= 15 is 0 Å². The highest BCUT2D eigenvalue weighted by Gasteiger charge is 2.57. The zero-order valence-electron chi connectivity index (χ0n) is 15.6. The Morgan fingerprint density at radius 1 is 1.18 bits per heavy atom. The number of esters is 1. The maximum absolute atomic E-state index is 13.3. The van der Waals surface area contributed by atoms with E-state index in [1.165, 1.54) is 4.90 Å². The molecule has 1 amide bonds. The number of benzene rings is 2. The van der Waals surface area contributed by atoms with Crippen molar-refractivity contribution in [2.45, 2.75) is 25.4 Å². The predicted molar refractivity (Wildman–Crippen MR) is 102 cm³/mol. The summed E-state index contributed by atoms with van der Waals surface area (Å²) in [6.07, 6.45) is 0.960. The molecule has 0 aromatic heterocycles. The molecule has 0 spiro atoms. The fourth-order valence-corrected chi connectivity index (χ4v) is 4.29. The first-order valence-electron chi connectivity index (χ1n) is 9.40. The number of hydrogen-bond acceptors (Lipinski definition) is 5. The van der Waals surface area contributed by atoms with Gasteiger partial charge in [-0.1, -0.05) is 42.5 Å². The number of aryl methyl sites for hydroxylation is 1. The van der Waals surface area contributed by atoms with E-state index in [-0.39, 0.29) is 18.9 Å². The zero-order chi connectivity index (χ0) is 19.9. The Morgan fingerprint density at radius 2 is 1.89 bits per heavy atom. The van der Waals surface area contributed by atoms with Crippen LogP contribution in [0.1, 0.15) is 34.8 Å². The van der Waals surface area contributed by atoms with Gasteiger partial charge in [-0.25, -0.2) is 0 Å². The van der Waals surface area contributed by atoms with Crippen LogP contribution in [0.2, 0.25) is 0 Å². The van der Waals surface area contributed by atoms with Gasteiger partial charge in [0.05, 0.1) is 18.2 Å². The first-order valence-corrected chi connectivity index (χ1v) is 9.40. The average molecular weight is 379 g/mol. The van der Waals surface area contributed by atoms with Gasteiger partial charge in [0.1, 0.15) is 6.54 Å². The van der Waals surface area contributed by atoms with Crippen LogP contribution < -0.4 is 4.90 Å². The van der Waals surface area contributed by atoms with Crippen LogP contribution in [0.25, 0.3) is 0 Å². The molecule has 2 aromatic carbocycles. The van der Waals surface area contributed by atoms with Crippen LogP contribution in [0, 0.1) is 5.92 Å². The lowest BCUT2D eigenvalue weighted by Crippen LogP contribution is -2.50. The summed E-state index contributed by atoms with van der Waals surface area (Å²) in [6.45, 7) is 1.58. The van der Waals surface area contributed by atoms with Crippen molar-refractivity contribution in [2.75, 3.05) is 18.1 Å². The molecule has 4 rings (SSSR count). The van der Waals surface area contributed by atoms with Gasteiger partial charge in [0.25, 0.3) is 5.91 Å². The van der Waals surface area contributed by atoms with Crippen LogP contribution in [0.3, 0.4) is 0 Å². The van der Waals surface area contributed by atoms with Gasteiger partial charge in [-0.15, -0.1) is 0 Å². The van der Waals surface area contributed by atoms with E-state index in [1.54, 1.807) is 43.3 Å². The first kappa shape index (κ1) is 18.4. The molecule has 144 valence electrons. The molecule has 28 heavy (non-hydrogen) atoms. The molecule has 1 heterocycles. The highest BCUT2D eigenvalue weighted by atomic mass is 16.5. The second-order valence-corrected chi connectivity index (χ2v) is 7.09. The fourth-order valence-electron chi connectivity index (χ4n) is 4.29. The number of ether oxygens (including phenoxy) is 1. The van der Waals surface area contributed by atoms with Gasteiger partial charge in [0.2, 0.25) is 0 Å². The molecule has 1 aliphatic heterocycles. The standard InChI is InChI=1S/C22H21NO5/c1-2-28-19(24)13-23-18-10-6-5-9-16(18)22(27,21(23)26)17-12-11-14-7-3-4-8-15(14)20(17)25/h3-10,17,27H,2,11-13H2,1H3/t17-,22-/m0/s1. The number of fused-ring (bicyclic) bond motifs is 2. The van der Waals surface area contributed by atoms with Gasteiger partial charge in [-0.2, -0.15) is 0 Å². The number of Topliss-reactive ketones (excluding diaryl/α,β-unsaturated/α-hetero) is 1. The summed E-state index contributed by atoms with van der Waals surface area (Å²) in [5.74, 6) is -2.36. The normalized spacial score (nSPS) is 23.4. The Kier molecular flexibility index (Phi) is 4.51. The molecule has 0 fully saturated rings. The topological polar surface area (TPSA) is 83.9 Å². The van der Waals surface area contributed by atoms with Crippen molar-refractivity contribution in [3.63, 3.8) is 0 Å². The SMILES string of the molecule is CCOC(=O)CN1C(=O)[C@@](O)([C@H]2CCc3ccccc3C2=O)c2ccccc21. The van der Waals surface area contributed by atoms with Gasteiger partial charge >= 0.3 is 5.97 Å². The minimum absolute atomic E-state index is 0.199. The summed E-state index contributed by atoms with van der Waals surface area (Å²) in [4.78, 5) is 39.7. The smallest absolute Gasteiger partial charge is 0.326 e. The number of anilines is 1. The number of nitrogens with zero attached hydrogens (tertiary/aromatic N) is 1. The van der Waals surface area contributed by atoms with E-state index in [9.17, 15) is 19.5 Å². The van der Waals surface area contributed by atoms with Crippen molar-refractivity contribution in [3.05, 3.63) is 65.2 Å². The van der Waals surface area contributed by atoms with E-state index in [2.05, 4.69) is 0 Å². The van der Waals surface area contributed by atoms with Crippen LogP contribution in [0.5, 0.6) is 0 Å². The lowest BCUT2D eigenvalue weighted by atomic mass is 9.71. The highest BCUT2D eigenvalue weighted by molar-refractivity contribution is 6.13. The number of carbonyl (C=O) groups excluding carboxylic acids is 3. The van der Waals surface area contributed by atoms with Crippen molar-refractivity contribution in [1.29, 1.82) is 0 Å². The third-order valence-corrected chi connectivity index (χ3v) is 5.58. The van der Waals surface area contributed by atoms with Crippen molar-refractivity contribution in [3.8, 4) is 0 Å². The van der Waals surface area contributed by atoms with Crippen LogP contribution in [-0.2, 0) is 26.3 Å². The Balaban J connectivity index is 1.76. The summed E-state index contributed by atoms with van der Waals surface area (Å²) >= 11 is 0. The van der Waals surface area contributed by atoms with Gasteiger partial charge in [-0.05, 0) is 31.4 Å². The molecule has 6 nitrogen and oxygen atoms in total. The summed E-state index contributed by atoms with van der Waals surface area (Å²) in [6, 6.07) is 14.0. The quantitative estimate of drug-likeness (QED) is 0.824. The molecule has 0 unspecified atom stereocenters. The Hall–Kier alpha value is -2.99. The molecule has 0 bridgehead atoms. The third-order valence-electron chi connectivity index (χ3n) is 5.58. The number of ketones is 1. The fraction of sp³-hybridized carbons (Fsp3) is 0.318. The largest absolute Gasteiger partial charge is 0.465 e. The average Bonchev–Trinajstić information content (AvgIpc) is 2.91. The number of para-hydroxylation sites is 1. The molecule has 0 radical (unpaired) electrons. The summed E-state index contributed by atoms with van der Waals surface area (Å²) in [5, 5.41) is 11.6. The van der Waals surface area contributed by atoms with E-state index in [0.29, 0.717) is 29.7 Å². The molecule has 2 aromatic rings. The Morgan fingerprint density at radius 3 is 2.68 bits per heavy atom. The van der Waals surface area contributed by atoms with Crippen LogP contribution in [0.15, 0.2) is 48.5 Å². The minimum Gasteiger partial charge on any atom is -0.465 e. The van der Waals surface area contributed by atoms with Crippen molar-refractivity contribution in [2.24, 2.45) is 5.92 Å². The summed E-state index contributed by atoms with van der Waals surface area (Å²) in [7, 11) is 0. The lowest BCUT2D eigenvalue weighted by Gasteiger charge is -2.34. The molecule has 1 N–H and O–H groups in total. The second kappa shape index (κ2) is 6.87. The lowest BCUT2D eigenvalue weighted by molar-refractivity contribution is -0.146. The van der Waals surface area contributed by atoms with Gasteiger partial charge in [0, 0.05) is 11.1 Å². The highest BCUT2D eigenvalue weighted by Crippen LogP contribution is 2.48. The molecular formula is C22H21NO5. The monoisotopic (exact) mass is 379 g/mol. The van der Waals surface area contributed by atoms with Gasteiger partial charge < -0.3 is 9.84 Å². The summed E-state index contributed by atoms with van der Waals surface area (Å²) in [5.41, 5.74) is 0.278.